The molecule has 0 fully saturated rings. The Balaban J connectivity index is 2.21. The van der Waals surface area contributed by atoms with Crippen LogP contribution in [0.3, 0.4) is 0 Å². The summed E-state index contributed by atoms with van der Waals surface area (Å²) in [6.45, 7) is 0. The van der Waals surface area contributed by atoms with Crippen molar-refractivity contribution >= 4 is 23.5 Å². The molecule has 19 heavy (non-hydrogen) atoms. The molecule has 2 aromatic rings. The maximum atomic E-state index is 11.8. The second-order valence-corrected chi connectivity index (χ2v) is 4.00. The van der Waals surface area contributed by atoms with Crippen LogP contribution in [-0.4, -0.2) is 26.0 Å². The van der Waals surface area contributed by atoms with Crippen LogP contribution in [0.1, 0.15) is 16.1 Å². The van der Waals surface area contributed by atoms with Crippen molar-refractivity contribution in [1.82, 2.24) is 9.97 Å². The quantitative estimate of drug-likeness (QED) is 0.511. The van der Waals surface area contributed by atoms with E-state index in [9.17, 15) is 9.90 Å². The zero-order chi connectivity index (χ0) is 13.8. The van der Waals surface area contributed by atoms with E-state index in [1.165, 1.54) is 36.7 Å². The average molecular weight is 277 g/mol. The van der Waals surface area contributed by atoms with Crippen molar-refractivity contribution in [2.75, 3.05) is 0 Å². The minimum Gasteiger partial charge on any atom is -0.504 e. The molecule has 0 spiro atoms. The fourth-order valence-electron chi connectivity index (χ4n) is 1.38. The van der Waals surface area contributed by atoms with Gasteiger partial charge < -0.3 is 10.2 Å². The van der Waals surface area contributed by atoms with Gasteiger partial charge in [-0.15, -0.1) is 0 Å². The number of carbonyl (C=O) groups is 1. The number of aromatic nitrogens is 2. The largest absolute Gasteiger partial charge is 0.504 e. The molecule has 0 aliphatic carbocycles. The summed E-state index contributed by atoms with van der Waals surface area (Å²) in [4.78, 5) is 19.4. The molecule has 0 aliphatic rings. The van der Waals surface area contributed by atoms with E-state index in [2.05, 4.69) is 9.97 Å². The van der Waals surface area contributed by atoms with Gasteiger partial charge in [0.2, 0.25) is 5.78 Å². The lowest BCUT2D eigenvalue weighted by Gasteiger charge is -1.99. The Bertz CT molecular complexity index is 656. The molecule has 1 aromatic heterocycles. The van der Waals surface area contributed by atoms with E-state index in [0.717, 1.165) is 0 Å². The highest BCUT2D eigenvalue weighted by molar-refractivity contribution is 6.33. The van der Waals surface area contributed by atoms with Gasteiger partial charge in [0, 0.05) is 12.4 Å². The Morgan fingerprint density at radius 2 is 1.89 bits per heavy atom. The average Bonchev–Trinajstić information content (AvgIpc) is 2.40. The number of nitrogens with zero attached hydrogens (tertiary/aromatic N) is 2. The van der Waals surface area contributed by atoms with Crippen molar-refractivity contribution in [2.45, 2.75) is 0 Å². The second kappa shape index (κ2) is 5.49. The van der Waals surface area contributed by atoms with Crippen molar-refractivity contribution in [1.29, 1.82) is 0 Å². The Hall–Kier alpha value is -2.40. The smallest absolute Gasteiger partial charge is 0.207 e. The third-order valence-corrected chi connectivity index (χ3v) is 2.59. The van der Waals surface area contributed by atoms with Gasteiger partial charge in [-0.2, -0.15) is 0 Å². The summed E-state index contributed by atoms with van der Waals surface area (Å²) >= 11 is 5.75. The molecule has 0 amide bonds. The van der Waals surface area contributed by atoms with Gasteiger partial charge in [-0.25, -0.2) is 9.97 Å². The highest BCUT2D eigenvalue weighted by Crippen LogP contribution is 2.25. The van der Waals surface area contributed by atoms with Crippen LogP contribution in [0, 0.1) is 0 Å². The first-order chi connectivity index (χ1) is 9.08. The lowest BCUT2D eigenvalue weighted by molar-refractivity contribution is 0.104. The van der Waals surface area contributed by atoms with Crippen LogP contribution in [0.15, 0.2) is 36.7 Å². The third-order valence-electron chi connectivity index (χ3n) is 2.31. The third kappa shape index (κ3) is 3.08. The van der Waals surface area contributed by atoms with Crippen LogP contribution < -0.4 is 0 Å². The van der Waals surface area contributed by atoms with Gasteiger partial charge in [-0.05, 0) is 23.8 Å². The van der Waals surface area contributed by atoms with Crippen LogP contribution in [0.5, 0.6) is 11.5 Å². The van der Waals surface area contributed by atoms with E-state index < -0.39 is 5.78 Å². The van der Waals surface area contributed by atoms with Gasteiger partial charge in [-0.1, -0.05) is 23.7 Å². The van der Waals surface area contributed by atoms with E-state index in [-0.39, 0.29) is 22.3 Å². The molecule has 0 atom stereocenters. The van der Waals surface area contributed by atoms with Crippen LogP contribution in [0.2, 0.25) is 5.15 Å². The minimum atomic E-state index is -0.398. The van der Waals surface area contributed by atoms with Gasteiger partial charge in [0.25, 0.3) is 0 Å². The Labute approximate surface area is 113 Å². The number of ketones is 1. The predicted molar refractivity (Wildman–Crippen MR) is 70.2 cm³/mol. The monoisotopic (exact) mass is 276 g/mol. The number of carbonyl (C=O) groups excluding carboxylic acids is 1. The molecule has 0 unspecified atom stereocenters. The molecule has 1 aromatic carbocycles. The molecule has 0 aliphatic heterocycles. The summed E-state index contributed by atoms with van der Waals surface area (Å²) in [6.07, 6.45) is 5.51. The number of phenolic OH excluding ortho intramolecular Hbond substituents is 2. The molecule has 5 nitrogen and oxygen atoms in total. The van der Waals surface area contributed by atoms with Crippen molar-refractivity contribution in [2.24, 2.45) is 0 Å². The summed E-state index contributed by atoms with van der Waals surface area (Å²) in [6, 6.07) is 4.21. The molecule has 2 N–H and O–H groups in total. The molecule has 0 saturated carbocycles. The molecular formula is C13H9ClN2O3. The standard InChI is InChI=1S/C13H9ClN2O3/c14-13-12(15-5-6-16-13)10(18)4-2-8-1-3-9(17)11(19)7-8/h1-7,17,19H/b4-2+. The SMILES string of the molecule is O=C(/C=C/c1ccc(O)c(O)c1)c1nccnc1Cl. The summed E-state index contributed by atoms with van der Waals surface area (Å²) in [5.41, 5.74) is 0.618. The topological polar surface area (TPSA) is 83.3 Å². The first kappa shape index (κ1) is 13.0. The number of phenols is 2. The molecule has 6 heteroatoms. The van der Waals surface area contributed by atoms with E-state index in [4.69, 9.17) is 16.7 Å². The van der Waals surface area contributed by atoms with Crippen LogP contribution in [-0.2, 0) is 0 Å². The highest BCUT2D eigenvalue weighted by Gasteiger charge is 2.09. The predicted octanol–water partition coefficient (Wildman–Crippen LogP) is 2.44. The van der Waals surface area contributed by atoms with E-state index in [0.29, 0.717) is 5.56 Å². The maximum Gasteiger partial charge on any atom is 0.207 e. The summed E-state index contributed by atoms with van der Waals surface area (Å²) in [5, 5.41) is 18.5. The van der Waals surface area contributed by atoms with Crippen molar-refractivity contribution in [3.05, 3.63) is 53.1 Å². The zero-order valence-electron chi connectivity index (χ0n) is 9.62. The van der Waals surface area contributed by atoms with Gasteiger partial charge in [0.1, 0.15) is 5.69 Å². The second-order valence-electron chi connectivity index (χ2n) is 3.64. The molecule has 0 radical (unpaired) electrons. The highest BCUT2D eigenvalue weighted by atomic mass is 35.5. The van der Waals surface area contributed by atoms with Crippen molar-refractivity contribution in [3.63, 3.8) is 0 Å². The Kier molecular flexibility index (Phi) is 3.77. The maximum absolute atomic E-state index is 11.8. The number of aromatic hydroxyl groups is 2. The Morgan fingerprint density at radius 1 is 1.16 bits per heavy atom. The van der Waals surface area contributed by atoms with E-state index in [1.807, 2.05) is 0 Å². The lowest BCUT2D eigenvalue weighted by Crippen LogP contribution is -2.00. The van der Waals surface area contributed by atoms with Gasteiger partial charge in [-0.3, -0.25) is 4.79 Å². The molecule has 96 valence electrons. The minimum absolute atomic E-state index is 0.0331. The zero-order valence-corrected chi connectivity index (χ0v) is 10.4. The lowest BCUT2D eigenvalue weighted by atomic mass is 10.1. The fourth-order valence-corrected chi connectivity index (χ4v) is 1.58. The van der Waals surface area contributed by atoms with Gasteiger partial charge in [0.05, 0.1) is 0 Å². The van der Waals surface area contributed by atoms with Crippen LogP contribution in [0.4, 0.5) is 0 Å². The molecule has 0 bridgehead atoms. The fraction of sp³-hybridized carbons (Fsp3) is 0. The number of allylic oxidation sites excluding steroid dienone is 1. The van der Waals surface area contributed by atoms with E-state index in [1.54, 1.807) is 6.07 Å². The number of benzene rings is 1. The molecular weight excluding hydrogens is 268 g/mol. The molecule has 2 rings (SSSR count). The van der Waals surface area contributed by atoms with Gasteiger partial charge >= 0.3 is 0 Å². The van der Waals surface area contributed by atoms with Crippen molar-refractivity contribution in [3.8, 4) is 11.5 Å². The van der Waals surface area contributed by atoms with Crippen LogP contribution in [0.25, 0.3) is 6.08 Å². The van der Waals surface area contributed by atoms with Crippen molar-refractivity contribution < 1.29 is 15.0 Å². The summed E-state index contributed by atoms with van der Waals surface area (Å²) in [5.74, 6) is -0.877. The Morgan fingerprint density at radius 3 is 2.58 bits per heavy atom. The first-order valence-electron chi connectivity index (χ1n) is 5.29. The summed E-state index contributed by atoms with van der Waals surface area (Å²) < 4.78 is 0. The molecule has 1 heterocycles. The summed E-state index contributed by atoms with van der Waals surface area (Å²) in [7, 11) is 0. The number of hydrogen-bond donors (Lipinski definition) is 2. The van der Waals surface area contributed by atoms with E-state index >= 15 is 0 Å². The van der Waals surface area contributed by atoms with Crippen LogP contribution >= 0.6 is 11.6 Å². The van der Waals surface area contributed by atoms with Gasteiger partial charge in [0.15, 0.2) is 16.7 Å². The number of hydrogen-bond acceptors (Lipinski definition) is 5. The number of halogens is 1. The normalized spacial score (nSPS) is 10.8. The first-order valence-corrected chi connectivity index (χ1v) is 5.66. The molecule has 0 saturated heterocycles. The number of rotatable bonds is 3.